The first-order chi connectivity index (χ1) is 6.81. The summed E-state index contributed by atoms with van der Waals surface area (Å²) in [5, 5.41) is 7.14. The molecule has 1 aliphatic rings. The number of rotatable bonds is 2. The van der Waals surface area contributed by atoms with Crippen molar-refractivity contribution in [3.05, 3.63) is 0 Å². The number of nitrogens with zero attached hydrogens (tertiary/aromatic N) is 4. The zero-order chi connectivity index (χ0) is 10.4. The molecule has 0 aromatic heterocycles. The van der Waals surface area contributed by atoms with E-state index in [-0.39, 0.29) is 0 Å². The molecule has 1 saturated heterocycles. The Morgan fingerprint density at radius 1 is 1.36 bits per heavy atom. The maximum absolute atomic E-state index is 7.14. The second-order valence-electron chi connectivity index (χ2n) is 3.26. The molecule has 0 saturated carbocycles. The zero-order valence-electron chi connectivity index (χ0n) is 8.74. The molecule has 1 heterocycles. The van der Waals surface area contributed by atoms with Crippen LogP contribution in [-0.4, -0.2) is 74.0 Å². The van der Waals surface area contributed by atoms with E-state index in [0.717, 1.165) is 38.7 Å². The van der Waals surface area contributed by atoms with Crippen molar-refractivity contribution in [2.24, 2.45) is 9.98 Å². The van der Waals surface area contributed by atoms with Crippen LogP contribution in [0.2, 0.25) is 0 Å². The molecule has 1 fully saturated rings. The van der Waals surface area contributed by atoms with Gasteiger partial charge in [0, 0.05) is 33.2 Å². The van der Waals surface area contributed by atoms with Crippen LogP contribution in [0.5, 0.6) is 0 Å². The summed E-state index contributed by atoms with van der Waals surface area (Å²) < 4.78 is 0. The molecule has 0 radical (unpaired) electrons. The summed E-state index contributed by atoms with van der Waals surface area (Å²) in [5.41, 5.74) is 0. The van der Waals surface area contributed by atoms with Crippen LogP contribution in [0.3, 0.4) is 0 Å². The van der Waals surface area contributed by atoms with Gasteiger partial charge >= 0.3 is 0 Å². The average Bonchev–Trinajstić information content (AvgIpc) is 2.23. The Bertz CT molecular complexity index is 209. The molecule has 0 aliphatic carbocycles. The van der Waals surface area contributed by atoms with E-state index >= 15 is 0 Å². The normalized spacial score (nSPS) is 19.9. The van der Waals surface area contributed by atoms with Crippen LogP contribution < -0.4 is 0 Å². The van der Waals surface area contributed by atoms with Gasteiger partial charge in [-0.15, -0.1) is 0 Å². The van der Waals surface area contributed by atoms with Crippen molar-refractivity contribution < 1.29 is 5.11 Å². The highest BCUT2D eigenvalue weighted by molar-refractivity contribution is 5.84. The molecule has 0 bridgehead atoms. The SMILES string of the molecule is C=NC(=NC)N1CCN(CC[OH2+])CC1. The van der Waals surface area contributed by atoms with Gasteiger partial charge in [0.05, 0.1) is 6.54 Å². The largest absolute Gasteiger partial charge is 0.444 e. The molecule has 0 unspecified atom stereocenters. The van der Waals surface area contributed by atoms with Crippen molar-refractivity contribution >= 4 is 12.7 Å². The van der Waals surface area contributed by atoms with Gasteiger partial charge in [-0.3, -0.25) is 9.89 Å². The van der Waals surface area contributed by atoms with Crippen LogP contribution in [-0.2, 0) is 0 Å². The number of hydrogen-bond acceptors (Lipinski definition) is 2. The lowest BCUT2D eigenvalue weighted by Crippen LogP contribution is -2.48. The quantitative estimate of drug-likeness (QED) is 0.326. The minimum absolute atomic E-state index is 0.481. The van der Waals surface area contributed by atoms with Gasteiger partial charge in [-0.25, -0.2) is 4.99 Å². The fourth-order valence-corrected chi connectivity index (χ4v) is 1.64. The third-order valence-corrected chi connectivity index (χ3v) is 2.42. The molecule has 1 rings (SSSR count). The second-order valence-corrected chi connectivity index (χ2v) is 3.26. The highest BCUT2D eigenvalue weighted by Crippen LogP contribution is 2.02. The van der Waals surface area contributed by atoms with Gasteiger partial charge in [-0.05, 0) is 6.72 Å². The van der Waals surface area contributed by atoms with Gasteiger partial charge < -0.3 is 10.0 Å². The lowest BCUT2D eigenvalue weighted by atomic mass is 10.3. The molecule has 5 heteroatoms. The van der Waals surface area contributed by atoms with Crippen LogP contribution >= 0.6 is 0 Å². The smallest absolute Gasteiger partial charge is 0.219 e. The van der Waals surface area contributed by atoms with E-state index in [0.29, 0.717) is 6.61 Å². The third-order valence-electron chi connectivity index (χ3n) is 2.42. The van der Waals surface area contributed by atoms with E-state index in [1.165, 1.54) is 0 Å². The van der Waals surface area contributed by atoms with Gasteiger partial charge in [0.25, 0.3) is 0 Å². The van der Waals surface area contributed by atoms with E-state index in [9.17, 15) is 0 Å². The first kappa shape index (κ1) is 11.1. The van der Waals surface area contributed by atoms with Crippen LogP contribution in [0.15, 0.2) is 9.98 Å². The summed E-state index contributed by atoms with van der Waals surface area (Å²) in [7, 11) is 1.74. The maximum Gasteiger partial charge on any atom is 0.219 e. The fourth-order valence-electron chi connectivity index (χ4n) is 1.64. The van der Waals surface area contributed by atoms with Crippen molar-refractivity contribution in [2.75, 3.05) is 46.4 Å². The average molecular weight is 199 g/mol. The third kappa shape index (κ3) is 2.78. The summed E-state index contributed by atoms with van der Waals surface area (Å²) in [5.74, 6) is 0.732. The van der Waals surface area contributed by atoms with E-state index in [2.05, 4.69) is 26.5 Å². The van der Waals surface area contributed by atoms with Crippen molar-refractivity contribution in [1.29, 1.82) is 0 Å². The molecule has 0 atom stereocenters. The van der Waals surface area contributed by atoms with E-state index in [1.54, 1.807) is 7.05 Å². The summed E-state index contributed by atoms with van der Waals surface area (Å²) in [6.07, 6.45) is 0. The number of hydrogen-bond donors (Lipinski definition) is 0. The van der Waals surface area contributed by atoms with Crippen LogP contribution in [0.1, 0.15) is 0 Å². The Labute approximate surface area is 84.8 Å². The van der Waals surface area contributed by atoms with E-state index < -0.39 is 0 Å². The number of aliphatic imine (C=N–C) groups is 2. The molecule has 2 N–H and O–H groups in total. The minimum Gasteiger partial charge on any atom is -0.444 e. The number of piperazine rings is 1. The van der Waals surface area contributed by atoms with Gasteiger partial charge in [-0.2, -0.15) is 0 Å². The molecule has 5 nitrogen and oxygen atoms in total. The van der Waals surface area contributed by atoms with Crippen molar-refractivity contribution in [2.45, 2.75) is 0 Å². The monoisotopic (exact) mass is 199 g/mol. The maximum atomic E-state index is 7.14. The lowest BCUT2D eigenvalue weighted by Gasteiger charge is -2.34. The van der Waals surface area contributed by atoms with Gasteiger partial charge in [0.2, 0.25) is 5.96 Å². The van der Waals surface area contributed by atoms with Gasteiger partial charge in [-0.1, -0.05) is 0 Å². The molecule has 0 aromatic carbocycles. The summed E-state index contributed by atoms with van der Waals surface area (Å²) in [6, 6.07) is 0. The second kappa shape index (κ2) is 5.72. The van der Waals surface area contributed by atoms with Crippen molar-refractivity contribution in [3.63, 3.8) is 0 Å². The topological polar surface area (TPSA) is 54.1 Å². The van der Waals surface area contributed by atoms with Crippen molar-refractivity contribution in [1.82, 2.24) is 9.80 Å². The molecular weight excluding hydrogens is 180 g/mol. The first-order valence-electron chi connectivity index (χ1n) is 4.87. The highest BCUT2D eigenvalue weighted by Gasteiger charge is 2.18. The fraction of sp³-hybridized carbons (Fsp3) is 0.778. The Morgan fingerprint density at radius 2 is 2.00 bits per heavy atom. The zero-order valence-corrected chi connectivity index (χ0v) is 8.74. The summed E-state index contributed by atoms with van der Waals surface area (Å²) in [4.78, 5) is 12.4. The summed E-state index contributed by atoms with van der Waals surface area (Å²) in [6.45, 7) is 8.71. The lowest BCUT2D eigenvalue weighted by molar-refractivity contribution is 0.146. The van der Waals surface area contributed by atoms with Gasteiger partial charge in [0.1, 0.15) is 0 Å². The Hall–Kier alpha value is -0.940. The van der Waals surface area contributed by atoms with E-state index in [4.69, 9.17) is 5.11 Å². The minimum atomic E-state index is 0.481. The molecule has 0 spiro atoms. The molecule has 80 valence electrons. The van der Waals surface area contributed by atoms with E-state index in [1.807, 2.05) is 0 Å². The first-order valence-corrected chi connectivity index (χ1v) is 4.87. The highest BCUT2D eigenvalue weighted by atomic mass is 16.3. The van der Waals surface area contributed by atoms with Crippen LogP contribution in [0.4, 0.5) is 0 Å². The Balaban J connectivity index is 2.38. The Kier molecular flexibility index (Phi) is 4.55. The number of guanidine groups is 1. The molecule has 0 aromatic rings. The molecule has 0 amide bonds. The Morgan fingerprint density at radius 3 is 2.43 bits per heavy atom. The van der Waals surface area contributed by atoms with Crippen LogP contribution in [0, 0.1) is 0 Å². The molecule has 1 aliphatic heterocycles. The van der Waals surface area contributed by atoms with Crippen LogP contribution in [0.25, 0.3) is 0 Å². The predicted molar refractivity (Wildman–Crippen MR) is 59.4 cm³/mol. The van der Waals surface area contributed by atoms with Crippen molar-refractivity contribution in [3.8, 4) is 0 Å². The predicted octanol–water partition coefficient (Wildman–Crippen LogP) is -0.985. The molecule has 14 heavy (non-hydrogen) atoms. The van der Waals surface area contributed by atoms with Gasteiger partial charge in [0.15, 0.2) is 6.61 Å². The standard InChI is InChI=1S/C9H18N4O/c1-10-9(11-2)13-5-3-12(4-6-13)7-8-14/h14H,1,3-8H2,2H3/p+1. The summed E-state index contributed by atoms with van der Waals surface area (Å²) >= 11 is 0. The molecular formula is C9H19N4O+.